The molecule has 1 fully saturated rings. The van der Waals surface area contributed by atoms with Gasteiger partial charge in [-0.3, -0.25) is 0 Å². The number of hydrogen-bond acceptors (Lipinski definition) is 4. The Labute approximate surface area is 114 Å². The van der Waals surface area contributed by atoms with Crippen molar-refractivity contribution in [3.8, 4) is 6.07 Å². The van der Waals surface area contributed by atoms with E-state index in [0.29, 0.717) is 18.8 Å². The van der Waals surface area contributed by atoms with Gasteiger partial charge in [-0.25, -0.2) is 0 Å². The summed E-state index contributed by atoms with van der Waals surface area (Å²) < 4.78 is 5.52. The molecule has 4 heteroatoms. The molecule has 1 aromatic carbocycles. The number of nitrogens with zero attached hydrogens (tertiary/aromatic N) is 2. The van der Waals surface area contributed by atoms with Crippen LogP contribution in [0.25, 0.3) is 0 Å². The van der Waals surface area contributed by atoms with E-state index in [1.165, 1.54) is 0 Å². The highest BCUT2D eigenvalue weighted by atomic mass is 16.5. The molecule has 0 aromatic heterocycles. The molecule has 0 aliphatic carbocycles. The van der Waals surface area contributed by atoms with Gasteiger partial charge in [0.15, 0.2) is 0 Å². The first kappa shape index (κ1) is 13.9. The van der Waals surface area contributed by atoms with Gasteiger partial charge in [-0.15, -0.1) is 0 Å². The Hall–Kier alpha value is -1.57. The molecule has 0 bridgehead atoms. The maximum atomic E-state index is 9.93. The first-order valence-corrected chi connectivity index (χ1v) is 6.53. The van der Waals surface area contributed by atoms with Gasteiger partial charge in [0.05, 0.1) is 36.5 Å². The largest absolute Gasteiger partial charge is 0.389 e. The molecule has 1 N–H and O–H groups in total. The first-order valence-electron chi connectivity index (χ1n) is 6.53. The Bertz CT molecular complexity index is 503. The summed E-state index contributed by atoms with van der Waals surface area (Å²) in [5, 5.41) is 19.0. The minimum Gasteiger partial charge on any atom is -0.389 e. The zero-order chi connectivity index (χ0) is 14.0. The Morgan fingerprint density at radius 1 is 1.47 bits per heavy atom. The fraction of sp³-hybridized carbons (Fsp3) is 0.533. The predicted molar refractivity (Wildman–Crippen MR) is 74.0 cm³/mol. The van der Waals surface area contributed by atoms with Crippen molar-refractivity contribution in [1.29, 1.82) is 5.26 Å². The fourth-order valence-electron chi connectivity index (χ4n) is 2.51. The van der Waals surface area contributed by atoms with Crippen LogP contribution in [0.1, 0.15) is 38.0 Å². The van der Waals surface area contributed by atoms with Gasteiger partial charge in [0.25, 0.3) is 0 Å². The fourth-order valence-corrected chi connectivity index (χ4v) is 2.51. The molecule has 2 rings (SSSR count). The highest BCUT2D eigenvalue weighted by Gasteiger charge is 2.32. The first-order chi connectivity index (χ1) is 8.95. The van der Waals surface area contributed by atoms with Crippen LogP contribution in [0.15, 0.2) is 18.2 Å². The van der Waals surface area contributed by atoms with E-state index in [1.807, 2.05) is 12.1 Å². The molecule has 1 aliphatic heterocycles. The molecule has 1 heterocycles. The molecule has 0 radical (unpaired) electrons. The zero-order valence-electron chi connectivity index (χ0n) is 11.7. The van der Waals surface area contributed by atoms with Gasteiger partial charge in [-0.05, 0) is 32.9 Å². The maximum Gasteiger partial charge on any atom is 0.0992 e. The van der Waals surface area contributed by atoms with Crippen LogP contribution in [0.4, 0.5) is 5.69 Å². The number of rotatable bonds is 2. The minimum atomic E-state index is -0.554. The number of ether oxygens (including phenoxy) is 1. The Balaban J connectivity index is 2.49. The number of anilines is 1. The van der Waals surface area contributed by atoms with Crippen molar-refractivity contribution in [3.05, 3.63) is 29.3 Å². The third-order valence-electron chi connectivity index (χ3n) is 3.55. The van der Waals surface area contributed by atoms with Crippen molar-refractivity contribution in [1.82, 2.24) is 0 Å². The normalized spacial score (nSPS) is 19.8. The Kier molecular flexibility index (Phi) is 3.79. The minimum absolute atomic E-state index is 0.143. The van der Waals surface area contributed by atoms with E-state index >= 15 is 0 Å². The molecule has 0 unspecified atom stereocenters. The van der Waals surface area contributed by atoms with E-state index in [2.05, 4.69) is 24.8 Å². The molecular weight excluding hydrogens is 240 g/mol. The van der Waals surface area contributed by atoms with Crippen molar-refractivity contribution in [2.45, 2.75) is 32.4 Å². The average Bonchev–Trinajstić information content (AvgIpc) is 2.37. The SMILES string of the molecule is C[C@@H](O)c1ccc(C#N)cc1N1CCOCC1(C)C. The number of benzene rings is 1. The van der Waals surface area contributed by atoms with Gasteiger partial charge >= 0.3 is 0 Å². The van der Waals surface area contributed by atoms with Gasteiger partial charge < -0.3 is 14.7 Å². The molecule has 0 saturated carbocycles. The second-order valence-corrected chi connectivity index (χ2v) is 5.58. The summed E-state index contributed by atoms with van der Waals surface area (Å²) in [6, 6.07) is 7.60. The van der Waals surface area contributed by atoms with Gasteiger partial charge in [0.2, 0.25) is 0 Å². The molecule has 0 amide bonds. The summed E-state index contributed by atoms with van der Waals surface area (Å²) in [4.78, 5) is 2.22. The lowest BCUT2D eigenvalue weighted by molar-refractivity contribution is 0.0639. The predicted octanol–water partition coefficient (Wildman–Crippen LogP) is 2.23. The summed E-state index contributed by atoms with van der Waals surface area (Å²) in [5.41, 5.74) is 2.26. The summed E-state index contributed by atoms with van der Waals surface area (Å²) in [5.74, 6) is 0. The zero-order valence-corrected chi connectivity index (χ0v) is 11.7. The molecule has 1 aromatic rings. The van der Waals surface area contributed by atoms with Crippen molar-refractivity contribution in [2.75, 3.05) is 24.7 Å². The van der Waals surface area contributed by atoms with Crippen molar-refractivity contribution >= 4 is 5.69 Å². The van der Waals surface area contributed by atoms with Crippen LogP contribution in [0.2, 0.25) is 0 Å². The average molecular weight is 260 g/mol. The molecule has 19 heavy (non-hydrogen) atoms. The summed E-state index contributed by atoms with van der Waals surface area (Å²) >= 11 is 0. The van der Waals surface area contributed by atoms with Crippen LogP contribution in [-0.4, -0.2) is 30.4 Å². The molecule has 1 atom stereocenters. The van der Waals surface area contributed by atoms with Crippen LogP contribution in [-0.2, 0) is 4.74 Å². The third-order valence-corrected chi connectivity index (χ3v) is 3.55. The van der Waals surface area contributed by atoms with Crippen LogP contribution < -0.4 is 4.90 Å². The van der Waals surface area contributed by atoms with Crippen LogP contribution in [0.3, 0.4) is 0 Å². The number of morpholine rings is 1. The van der Waals surface area contributed by atoms with Crippen LogP contribution in [0, 0.1) is 11.3 Å². The highest BCUT2D eigenvalue weighted by molar-refractivity contribution is 5.60. The van der Waals surface area contributed by atoms with E-state index in [4.69, 9.17) is 10.00 Å². The summed E-state index contributed by atoms with van der Waals surface area (Å²) in [7, 11) is 0. The van der Waals surface area contributed by atoms with E-state index in [0.717, 1.165) is 17.8 Å². The molecule has 102 valence electrons. The van der Waals surface area contributed by atoms with Gasteiger partial charge in [0, 0.05) is 17.8 Å². The highest BCUT2D eigenvalue weighted by Crippen LogP contribution is 2.33. The molecule has 0 spiro atoms. The molecular formula is C15H20N2O2. The quantitative estimate of drug-likeness (QED) is 0.886. The number of hydrogen-bond donors (Lipinski definition) is 1. The molecule has 1 aliphatic rings. The standard InChI is InChI=1S/C15H20N2O2/c1-11(18)13-5-4-12(9-16)8-14(13)17-6-7-19-10-15(17,2)3/h4-5,8,11,18H,6-7,10H2,1-3H3/t11-/m1/s1. The lowest BCUT2D eigenvalue weighted by atomic mass is 9.97. The van der Waals surface area contributed by atoms with Gasteiger partial charge in [-0.2, -0.15) is 5.26 Å². The second kappa shape index (κ2) is 5.20. The van der Waals surface area contributed by atoms with Crippen LogP contribution in [0.5, 0.6) is 0 Å². The lowest BCUT2D eigenvalue weighted by Gasteiger charge is -2.44. The van der Waals surface area contributed by atoms with Crippen molar-refractivity contribution in [2.24, 2.45) is 0 Å². The Morgan fingerprint density at radius 3 is 2.79 bits per heavy atom. The van der Waals surface area contributed by atoms with Crippen molar-refractivity contribution < 1.29 is 9.84 Å². The third kappa shape index (κ3) is 2.73. The lowest BCUT2D eigenvalue weighted by Crippen LogP contribution is -2.53. The van der Waals surface area contributed by atoms with Crippen molar-refractivity contribution in [3.63, 3.8) is 0 Å². The number of aliphatic hydroxyl groups excluding tert-OH is 1. The van der Waals surface area contributed by atoms with E-state index in [-0.39, 0.29) is 5.54 Å². The summed E-state index contributed by atoms with van der Waals surface area (Å²) in [6.45, 7) is 8.04. The smallest absolute Gasteiger partial charge is 0.0992 e. The molecule has 1 saturated heterocycles. The van der Waals surface area contributed by atoms with E-state index < -0.39 is 6.10 Å². The second-order valence-electron chi connectivity index (χ2n) is 5.58. The number of aliphatic hydroxyl groups is 1. The topological polar surface area (TPSA) is 56.5 Å². The van der Waals surface area contributed by atoms with E-state index in [9.17, 15) is 5.11 Å². The number of nitriles is 1. The summed E-state index contributed by atoms with van der Waals surface area (Å²) in [6.07, 6.45) is -0.554. The van der Waals surface area contributed by atoms with Gasteiger partial charge in [0.1, 0.15) is 0 Å². The molecule has 4 nitrogen and oxygen atoms in total. The maximum absolute atomic E-state index is 9.93. The van der Waals surface area contributed by atoms with Gasteiger partial charge in [-0.1, -0.05) is 6.07 Å². The van der Waals surface area contributed by atoms with Crippen LogP contribution >= 0.6 is 0 Å². The van der Waals surface area contributed by atoms with E-state index in [1.54, 1.807) is 13.0 Å². The Morgan fingerprint density at radius 2 is 2.21 bits per heavy atom. The monoisotopic (exact) mass is 260 g/mol.